The standard InChI is InChI=1S/C18H21NO3/c1-2-3-13-19-21-15-14-20-17-11-7-8-12-18(17)22-16-9-5-4-6-10-16/h4-13H,2-3,14-15H2,1H3. The molecule has 0 aliphatic rings. The second-order valence-corrected chi connectivity index (χ2v) is 4.62. The number of unbranched alkanes of at least 4 members (excludes halogenated alkanes) is 1. The highest BCUT2D eigenvalue weighted by Crippen LogP contribution is 2.30. The Balaban J connectivity index is 1.83. The van der Waals surface area contributed by atoms with Gasteiger partial charge in [0.05, 0.1) is 0 Å². The van der Waals surface area contributed by atoms with Crippen LogP contribution in [0.3, 0.4) is 0 Å². The van der Waals surface area contributed by atoms with Crippen molar-refractivity contribution < 1.29 is 14.3 Å². The Morgan fingerprint density at radius 2 is 1.64 bits per heavy atom. The van der Waals surface area contributed by atoms with E-state index in [2.05, 4.69) is 12.1 Å². The maximum atomic E-state index is 5.82. The van der Waals surface area contributed by atoms with Crippen molar-refractivity contribution in [1.82, 2.24) is 0 Å². The summed E-state index contributed by atoms with van der Waals surface area (Å²) in [5.74, 6) is 2.15. The first-order valence-electron chi connectivity index (χ1n) is 7.48. The van der Waals surface area contributed by atoms with Crippen molar-refractivity contribution in [3.8, 4) is 17.2 Å². The molecule has 0 saturated carbocycles. The number of rotatable bonds is 9. The van der Waals surface area contributed by atoms with E-state index >= 15 is 0 Å². The molecule has 2 rings (SSSR count). The van der Waals surface area contributed by atoms with Crippen LogP contribution in [0.15, 0.2) is 59.8 Å². The minimum Gasteiger partial charge on any atom is -0.486 e. The lowest BCUT2D eigenvalue weighted by Crippen LogP contribution is -2.05. The largest absolute Gasteiger partial charge is 0.486 e. The molecule has 0 aromatic heterocycles. The molecule has 116 valence electrons. The summed E-state index contributed by atoms with van der Waals surface area (Å²) in [4.78, 5) is 5.12. The van der Waals surface area contributed by atoms with Crippen LogP contribution in [0.5, 0.6) is 17.2 Å². The third kappa shape index (κ3) is 5.48. The summed E-state index contributed by atoms with van der Waals surface area (Å²) in [6.45, 7) is 2.91. The van der Waals surface area contributed by atoms with E-state index in [1.807, 2.05) is 54.6 Å². The van der Waals surface area contributed by atoms with Gasteiger partial charge in [-0.25, -0.2) is 0 Å². The molecule has 22 heavy (non-hydrogen) atoms. The predicted molar refractivity (Wildman–Crippen MR) is 87.8 cm³/mol. The molecule has 0 saturated heterocycles. The summed E-state index contributed by atoms with van der Waals surface area (Å²) in [6, 6.07) is 17.2. The zero-order chi connectivity index (χ0) is 15.5. The van der Waals surface area contributed by atoms with Crippen LogP contribution in [0.2, 0.25) is 0 Å². The van der Waals surface area contributed by atoms with Gasteiger partial charge in [0, 0.05) is 6.21 Å². The van der Waals surface area contributed by atoms with Gasteiger partial charge in [-0.2, -0.15) is 0 Å². The van der Waals surface area contributed by atoms with Crippen LogP contribution in [-0.2, 0) is 4.84 Å². The quantitative estimate of drug-likeness (QED) is 0.384. The van der Waals surface area contributed by atoms with Crippen molar-refractivity contribution >= 4 is 6.21 Å². The van der Waals surface area contributed by atoms with E-state index < -0.39 is 0 Å². The van der Waals surface area contributed by atoms with Gasteiger partial charge >= 0.3 is 0 Å². The molecule has 0 N–H and O–H groups in total. The number of ether oxygens (including phenoxy) is 2. The Hall–Kier alpha value is -2.49. The SMILES string of the molecule is CCCC=NOCCOc1ccccc1Oc1ccccc1. The van der Waals surface area contributed by atoms with Gasteiger partial charge in [0.1, 0.15) is 12.4 Å². The smallest absolute Gasteiger partial charge is 0.169 e. The van der Waals surface area contributed by atoms with Crippen LogP contribution in [0.25, 0.3) is 0 Å². The molecule has 0 aliphatic heterocycles. The maximum absolute atomic E-state index is 5.82. The average Bonchev–Trinajstić information content (AvgIpc) is 2.56. The number of hydrogen-bond donors (Lipinski definition) is 0. The Morgan fingerprint density at radius 3 is 2.41 bits per heavy atom. The Kier molecular flexibility index (Phi) is 6.82. The van der Waals surface area contributed by atoms with E-state index in [1.165, 1.54) is 0 Å². The fraction of sp³-hybridized carbons (Fsp3) is 0.278. The minimum absolute atomic E-state index is 0.403. The topological polar surface area (TPSA) is 40.0 Å². The van der Waals surface area contributed by atoms with E-state index in [9.17, 15) is 0 Å². The highest BCUT2D eigenvalue weighted by Gasteiger charge is 2.05. The first kappa shape index (κ1) is 15.9. The average molecular weight is 299 g/mol. The second-order valence-electron chi connectivity index (χ2n) is 4.62. The Bertz CT molecular complexity index is 570. The van der Waals surface area contributed by atoms with Gasteiger partial charge < -0.3 is 14.3 Å². The molecule has 0 spiro atoms. The molecule has 0 aliphatic carbocycles. The molecule has 0 radical (unpaired) electrons. The molecule has 0 atom stereocenters. The van der Waals surface area contributed by atoms with Crippen LogP contribution in [0, 0.1) is 0 Å². The monoisotopic (exact) mass is 299 g/mol. The van der Waals surface area contributed by atoms with Gasteiger partial charge in [0.15, 0.2) is 18.1 Å². The van der Waals surface area contributed by atoms with E-state index in [0.29, 0.717) is 24.7 Å². The van der Waals surface area contributed by atoms with E-state index in [4.69, 9.17) is 14.3 Å². The predicted octanol–water partition coefficient (Wildman–Crippen LogP) is 4.66. The molecule has 2 aromatic rings. The van der Waals surface area contributed by atoms with Crippen LogP contribution >= 0.6 is 0 Å². The molecule has 4 heteroatoms. The van der Waals surface area contributed by atoms with Gasteiger partial charge in [-0.1, -0.05) is 48.8 Å². The molecule has 0 amide bonds. The van der Waals surface area contributed by atoms with Crippen molar-refractivity contribution in [2.45, 2.75) is 19.8 Å². The fourth-order valence-corrected chi connectivity index (χ4v) is 1.75. The lowest BCUT2D eigenvalue weighted by Gasteiger charge is -2.11. The maximum Gasteiger partial charge on any atom is 0.169 e. The fourth-order valence-electron chi connectivity index (χ4n) is 1.75. The minimum atomic E-state index is 0.403. The molecule has 2 aromatic carbocycles. The van der Waals surface area contributed by atoms with Crippen LogP contribution in [0.1, 0.15) is 19.8 Å². The molecular weight excluding hydrogens is 278 g/mol. The first-order chi connectivity index (χ1) is 10.9. The number of para-hydroxylation sites is 3. The lowest BCUT2D eigenvalue weighted by molar-refractivity contribution is 0.107. The summed E-state index contributed by atoms with van der Waals surface area (Å²) in [5, 5.41) is 3.85. The van der Waals surface area contributed by atoms with Crippen molar-refractivity contribution in [2.24, 2.45) is 5.16 Å². The van der Waals surface area contributed by atoms with E-state index in [0.717, 1.165) is 18.6 Å². The summed E-state index contributed by atoms with van der Waals surface area (Å²) in [5.41, 5.74) is 0. The summed E-state index contributed by atoms with van der Waals surface area (Å²) < 4.78 is 11.5. The third-order valence-electron chi connectivity index (χ3n) is 2.82. The van der Waals surface area contributed by atoms with Crippen molar-refractivity contribution in [2.75, 3.05) is 13.2 Å². The van der Waals surface area contributed by atoms with Crippen molar-refractivity contribution in [3.05, 3.63) is 54.6 Å². The Labute approximate surface area is 131 Å². The third-order valence-corrected chi connectivity index (χ3v) is 2.82. The van der Waals surface area contributed by atoms with Crippen molar-refractivity contribution in [3.63, 3.8) is 0 Å². The Morgan fingerprint density at radius 1 is 0.909 bits per heavy atom. The summed E-state index contributed by atoms with van der Waals surface area (Å²) >= 11 is 0. The zero-order valence-electron chi connectivity index (χ0n) is 12.8. The first-order valence-corrected chi connectivity index (χ1v) is 7.48. The van der Waals surface area contributed by atoms with Crippen LogP contribution in [-0.4, -0.2) is 19.4 Å². The molecule has 0 unspecified atom stereocenters. The van der Waals surface area contributed by atoms with Gasteiger partial charge in [0.25, 0.3) is 0 Å². The molecule has 4 nitrogen and oxygen atoms in total. The number of nitrogens with zero attached hydrogens (tertiary/aromatic N) is 1. The van der Waals surface area contributed by atoms with E-state index in [-0.39, 0.29) is 0 Å². The lowest BCUT2D eigenvalue weighted by atomic mass is 10.3. The molecule has 0 bridgehead atoms. The highest BCUT2D eigenvalue weighted by atomic mass is 16.6. The zero-order valence-corrected chi connectivity index (χ0v) is 12.8. The number of benzene rings is 2. The normalized spacial score (nSPS) is 10.6. The van der Waals surface area contributed by atoms with Crippen molar-refractivity contribution in [1.29, 1.82) is 0 Å². The summed E-state index contributed by atoms with van der Waals surface area (Å²) in [7, 11) is 0. The molecular formula is C18H21NO3. The highest BCUT2D eigenvalue weighted by molar-refractivity contribution is 5.55. The van der Waals surface area contributed by atoms with Gasteiger partial charge in [-0.15, -0.1) is 0 Å². The van der Waals surface area contributed by atoms with Gasteiger partial charge in [-0.05, 0) is 30.7 Å². The van der Waals surface area contributed by atoms with Crippen LogP contribution < -0.4 is 9.47 Å². The number of hydrogen-bond acceptors (Lipinski definition) is 4. The van der Waals surface area contributed by atoms with Gasteiger partial charge in [0.2, 0.25) is 0 Å². The van der Waals surface area contributed by atoms with Crippen LogP contribution in [0.4, 0.5) is 0 Å². The van der Waals surface area contributed by atoms with E-state index in [1.54, 1.807) is 6.21 Å². The van der Waals surface area contributed by atoms with Gasteiger partial charge in [-0.3, -0.25) is 0 Å². The summed E-state index contributed by atoms with van der Waals surface area (Å²) in [6.07, 6.45) is 3.76. The molecule has 0 fully saturated rings. The molecule has 0 heterocycles. The second kappa shape index (κ2) is 9.45. The number of oxime groups is 1.